The molecule has 0 aliphatic heterocycles. The fourth-order valence-corrected chi connectivity index (χ4v) is 3.19. The summed E-state index contributed by atoms with van der Waals surface area (Å²) in [6.45, 7) is 3.07. The highest BCUT2D eigenvalue weighted by atomic mass is 32.2. The van der Waals surface area contributed by atoms with Gasteiger partial charge in [0.2, 0.25) is 0 Å². The zero-order valence-corrected chi connectivity index (χ0v) is 11.6. The van der Waals surface area contributed by atoms with Crippen LogP contribution in [-0.2, 0) is 19.7 Å². The van der Waals surface area contributed by atoms with Crippen LogP contribution >= 0.6 is 0 Å². The maximum Gasteiger partial charge on any atom is 0.421 e. The number of aliphatic carboxylic acids is 1. The third-order valence-corrected chi connectivity index (χ3v) is 4.27. The van der Waals surface area contributed by atoms with Crippen molar-refractivity contribution in [2.45, 2.75) is 39.2 Å². The number of hydrogen-bond acceptors (Lipinski definition) is 5. The van der Waals surface area contributed by atoms with Gasteiger partial charge in [0.1, 0.15) is 0 Å². The monoisotopic (exact) mass is 294 g/mol. The Bertz CT molecular complexity index is 463. The number of carboxylic acids is 1. The molecule has 0 aromatic carbocycles. The van der Waals surface area contributed by atoms with Crippen LogP contribution in [-0.4, -0.2) is 38.2 Å². The van der Waals surface area contributed by atoms with Crippen molar-refractivity contribution in [3.05, 3.63) is 0 Å². The van der Waals surface area contributed by atoms with Crippen molar-refractivity contribution < 1.29 is 27.9 Å². The van der Waals surface area contributed by atoms with Gasteiger partial charge in [-0.15, -0.1) is 0 Å². The summed E-state index contributed by atoms with van der Waals surface area (Å²) < 4.78 is 31.7. The molecule has 1 saturated carbocycles. The first-order valence-electron chi connectivity index (χ1n) is 5.91. The number of amides is 1. The van der Waals surface area contributed by atoms with Crippen LogP contribution in [0.25, 0.3) is 0 Å². The van der Waals surface area contributed by atoms with E-state index in [-0.39, 0.29) is 6.61 Å². The molecule has 0 saturated heterocycles. The molecule has 2 unspecified atom stereocenters. The smallest absolute Gasteiger partial charge is 0.421 e. The Kier molecular flexibility index (Phi) is 4.75. The molecule has 1 aliphatic rings. The molecule has 110 valence electrons. The molecule has 19 heavy (non-hydrogen) atoms. The van der Waals surface area contributed by atoms with Crippen molar-refractivity contribution >= 4 is 22.3 Å². The summed E-state index contributed by atoms with van der Waals surface area (Å²) >= 11 is 0. The number of carbonyl (C=O) groups excluding carboxylic acids is 1. The second-order valence-electron chi connectivity index (χ2n) is 4.61. The van der Waals surface area contributed by atoms with E-state index in [4.69, 9.17) is 5.11 Å². The molecule has 1 rings (SSSR count). The molecule has 3 N–H and O–H groups in total. The van der Waals surface area contributed by atoms with Gasteiger partial charge in [0.25, 0.3) is 0 Å². The lowest BCUT2D eigenvalue weighted by Crippen LogP contribution is -2.51. The molecule has 0 radical (unpaired) electrons. The summed E-state index contributed by atoms with van der Waals surface area (Å²) in [7, 11) is -4.13. The lowest BCUT2D eigenvalue weighted by Gasteiger charge is -2.27. The first kappa shape index (κ1) is 15.7. The third kappa shape index (κ3) is 3.80. The standard InChI is InChI=1S/C10H18N2O6S/c1-3-18-9(15)12-19(16,17)11-7-5-4-6-10(7,2)8(13)14/h7,11H,3-6H2,1-2H3,(H,12,15)(H,13,14). The Labute approximate surface area is 111 Å². The van der Waals surface area contributed by atoms with Gasteiger partial charge >= 0.3 is 22.3 Å². The molecule has 0 heterocycles. The van der Waals surface area contributed by atoms with Crippen LogP contribution in [0.5, 0.6) is 0 Å². The van der Waals surface area contributed by atoms with Crippen LogP contribution in [0.15, 0.2) is 0 Å². The minimum atomic E-state index is -4.13. The van der Waals surface area contributed by atoms with Gasteiger partial charge in [-0.1, -0.05) is 6.42 Å². The van der Waals surface area contributed by atoms with Gasteiger partial charge in [-0.3, -0.25) is 4.79 Å². The van der Waals surface area contributed by atoms with Crippen molar-refractivity contribution in [3.8, 4) is 0 Å². The van der Waals surface area contributed by atoms with E-state index in [0.717, 1.165) is 0 Å². The van der Waals surface area contributed by atoms with Gasteiger partial charge in [0.15, 0.2) is 0 Å². The molecule has 9 heteroatoms. The number of hydrogen-bond donors (Lipinski definition) is 3. The summed E-state index contributed by atoms with van der Waals surface area (Å²) in [6.07, 6.45) is 0.307. The maximum absolute atomic E-state index is 11.7. The van der Waals surface area contributed by atoms with Crippen LogP contribution in [0.2, 0.25) is 0 Å². The van der Waals surface area contributed by atoms with Crippen molar-refractivity contribution in [1.29, 1.82) is 0 Å². The number of ether oxygens (including phenoxy) is 1. The zero-order chi connectivity index (χ0) is 14.7. The normalized spacial score (nSPS) is 26.9. The van der Waals surface area contributed by atoms with E-state index in [1.807, 2.05) is 0 Å². The third-order valence-electron chi connectivity index (χ3n) is 3.24. The Hall–Kier alpha value is -1.35. The van der Waals surface area contributed by atoms with E-state index in [9.17, 15) is 18.0 Å². The minimum absolute atomic E-state index is 0.0393. The maximum atomic E-state index is 11.7. The molecule has 0 aromatic heterocycles. The molecular weight excluding hydrogens is 276 g/mol. The highest BCUT2D eigenvalue weighted by molar-refractivity contribution is 7.88. The number of carboxylic acid groups (broad SMARTS) is 1. The lowest BCUT2D eigenvalue weighted by molar-refractivity contribution is -0.148. The van der Waals surface area contributed by atoms with Crippen molar-refractivity contribution in [1.82, 2.24) is 9.44 Å². The van der Waals surface area contributed by atoms with Crippen LogP contribution in [0.1, 0.15) is 33.1 Å². The Morgan fingerprint density at radius 3 is 2.63 bits per heavy atom. The second kappa shape index (κ2) is 5.74. The lowest BCUT2D eigenvalue weighted by atomic mass is 9.85. The van der Waals surface area contributed by atoms with E-state index >= 15 is 0 Å². The van der Waals surface area contributed by atoms with Gasteiger partial charge < -0.3 is 9.84 Å². The minimum Gasteiger partial charge on any atom is -0.481 e. The predicted octanol–water partition coefficient (Wildman–Crippen LogP) is 0.210. The van der Waals surface area contributed by atoms with E-state index < -0.39 is 33.7 Å². The molecule has 1 aliphatic carbocycles. The number of carbonyl (C=O) groups is 2. The Morgan fingerprint density at radius 2 is 2.11 bits per heavy atom. The van der Waals surface area contributed by atoms with E-state index in [1.165, 1.54) is 13.8 Å². The summed E-state index contributed by atoms with van der Waals surface area (Å²) in [5.41, 5.74) is -1.16. The van der Waals surface area contributed by atoms with Crippen molar-refractivity contribution in [3.63, 3.8) is 0 Å². The largest absolute Gasteiger partial charge is 0.481 e. The van der Waals surface area contributed by atoms with E-state index in [1.54, 1.807) is 4.72 Å². The summed E-state index contributed by atoms with van der Waals surface area (Å²) in [5.74, 6) is -1.06. The highest BCUT2D eigenvalue weighted by Gasteiger charge is 2.46. The second-order valence-corrected chi connectivity index (χ2v) is 6.06. The first-order chi connectivity index (χ1) is 8.71. The van der Waals surface area contributed by atoms with Gasteiger partial charge in [-0.05, 0) is 26.7 Å². The van der Waals surface area contributed by atoms with Gasteiger partial charge in [0, 0.05) is 6.04 Å². The Morgan fingerprint density at radius 1 is 1.47 bits per heavy atom. The average Bonchev–Trinajstić information content (AvgIpc) is 2.60. The predicted molar refractivity (Wildman–Crippen MR) is 65.6 cm³/mol. The highest BCUT2D eigenvalue weighted by Crippen LogP contribution is 2.38. The molecule has 1 amide bonds. The molecular formula is C10H18N2O6S. The summed E-state index contributed by atoms with van der Waals surface area (Å²) in [5, 5.41) is 9.16. The van der Waals surface area contributed by atoms with Gasteiger partial charge in [-0.2, -0.15) is 13.1 Å². The van der Waals surface area contributed by atoms with Crippen LogP contribution in [0.3, 0.4) is 0 Å². The molecule has 1 fully saturated rings. The van der Waals surface area contributed by atoms with Crippen LogP contribution in [0, 0.1) is 5.41 Å². The first-order valence-corrected chi connectivity index (χ1v) is 7.40. The van der Waals surface area contributed by atoms with Crippen LogP contribution < -0.4 is 9.44 Å². The van der Waals surface area contributed by atoms with E-state index in [0.29, 0.717) is 19.3 Å². The average molecular weight is 294 g/mol. The molecule has 2 atom stereocenters. The van der Waals surface area contributed by atoms with Gasteiger partial charge in [0.05, 0.1) is 12.0 Å². The fraction of sp³-hybridized carbons (Fsp3) is 0.800. The topological polar surface area (TPSA) is 122 Å². The van der Waals surface area contributed by atoms with E-state index in [2.05, 4.69) is 9.46 Å². The van der Waals surface area contributed by atoms with Crippen molar-refractivity contribution in [2.75, 3.05) is 6.61 Å². The number of nitrogens with one attached hydrogen (secondary N) is 2. The van der Waals surface area contributed by atoms with Crippen LogP contribution in [0.4, 0.5) is 4.79 Å². The molecule has 0 aromatic rings. The molecule has 0 spiro atoms. The Balaban J connectivity index is 2.73. The molecule has 8 nitrogen and oxygen atoms in total. The fourth-order valence-electron chi connectivity index (χ4n) is 2.10. The summed E-state index contributed by atoms with van der Waals surface area (Å²) in [4.78, 5) is 22.3. The number of rotatable bonds is 5. The SMILES string of the molecule is CCOC(=O)NS(=O)(=O)NC1CCCC1(C)C(=O)O. The molecule has 0 bridgehead atoms. The van der Waals surface area contributed by atoms with Gasteiger partial charge in [-0.25, -0.2) is 9.52 Å². The van der Waals surface area contributed by atoms with Crippen molar-refractivity contribution in [2.24, 2.45) is 5.41 Å². The quantitative estimate of drug-likeness (QED) is 0.666. The summed E-state index contributed by atoms with van der Waals surface area (Å²) in [6, 6.07) is -0.753. The zero-order valence-electron chi connectivity index (χ0n) is 10.8.